The summed E-state index contributed by atoms with van der Waals surface area (Å²) >= 11 is 0. The second kappa shape index (κ2) is 8.03. The van der Waals surface area contributed by atoms with Crippen LogP contribution in [0.25, 0.3) is 11.1 Å². The zero-order chi connectivity index (χ0) is 22.9. The normalized spacial score (nSPS) is 12.9. The van der Waals surface area contributed by atoms with Crippen LogP contribution in [-0.4, -0.2) is 4.98 Å². The highest BCUT2D eigenvalue weighted by Gasteiger charge is 2.31. The monoisotopic (exact) mass is 449 g/mol. The molecule has 0 fully saturated rings. The van der Waals surface area contributed by atoms with Crippen LogP contribution in [0, 0.1) is 0 Å². The standard InChI is InChI=1S/C22H13F6N3O/c23-21(24,25)13-5-3-7-15(11-13)29-19-20(32-18-10-2-1-9-17(18)31-19)30-16-8-4-6-14(12-16)22(26,27)28/h1-12H,(H,29,31). The van der Waals surface area contributed by atoms with Gasteiger partial charge in [0, 0.05) is 5.69 Å². The van der Waals surface area contributed by atoms with Gasteiger partial charge in [0.1, 0.15) is 5.52 Å². The molecule has 164 valence electrons. The first-order valence-corrected chi connectivity index (χ1v) is 9.16. The molecule has 4 rings (SSSR count). The molecule has 0 atom stereocenters. The molecule has 0 saturated heterocycles. The largest absolute Gasteiger partial charge is 0.434 e. The number of halogens is 6. The van der Waals surface area contributed by atoms with Crippen molar-refractivity contribution in [3.05, 3.63) is 89.5 Å². The Hall–Kier alpha value is -3.82. The molecule has 0 radical (unpaired) electrons. The van der Waals surface area contributed by atoms with Crippen LogP contribution in [-0.2, 0) is 12.4 Å². The van der Waals surface area contributed by atoms with E-state index in [0.29, 0.717) is 11.1 Å². The van der Waals surface area contributed by atoms with Crippen molar-refractivity contribution in [1.29, 1.82) is 0 Å². The molecule has 32 heavy (non-hydrogen) atoms. The van der Waals surface area contributed by atoms with Gasteiger partial charge in [0.15, 0.2) is 11.4 Å². The van der Waals surface area contributed by atoms with Crippen LogP contribution in [0.1, 0.15) is 11.1 Å². The van der Waals surface area contributed by atoms with Crippen molar-refractivity contribution in [1.82, 2.24) is 4.98 Å². The molecule has 1 aromatic heterocycles. The minimum atomic E-state index is -4.57. The number of para-hydroxylation sites is 2. The first-order valence-electron chi connectivity index (χ1n) is 9.16. The van der Waals surface area contributed by atoms with Crippen LogP contribution in [0.2, 0.25) is 0 Å². The molecular weight excluding hydrogens is 436 g/mol. The molecule has 0 bridgehead atoms. The third-order valence-corrected chi connectivity index (χ3v) is 4.36. The summed E-state index contributed by atoms with van der Waals surface area (Å²) in [7, 11) is 0. The number of aromatic nitrogens is 1. The Morgan fingerprint density at radius 1 is 0.750 bits per heavy atom. The van der Waals surface area contributed by atoms with Crippen LogP contribution >= 0.6 is 0 Å². The molecule has 0 aliphatic carbocycles. The summed E-state index contributed by atoms with van der Waals surface area (Å²) in [4.78, 5) is 8.45. The van der Waals surface area contributed by atoms with E-state index in [-0.39, 0.29) is 22.7 Å². The number of rotatable bonds is 3. The number of fused-ring (bicyclic) bond motifs is 1. The molecule has 0 saturated carbocycles. The molecular formula is C22H13F6N3O. The Morgan fingerprint density at radius 2 is 1.41 bits per heavy atom. The van der Waals surface area contributed by atoms with E-state index in [4.69, 9.17) is 4.42 Å². The maximum absolute atomic E-state index is 13.0. The quantitative estimate of drug-likeness (QED) is 0.349. The van der Waals surface area contributed by atoms with Gasteiger partial charge in [-0.2, -0.15) is 26.3 Å². The molecule has 1 heterocycles. The average molecular weight is 449 g/mol. The SMILES string of the molecule is FC(F)(F)c1cccc(N=c2oc3ccccc3nc2Nc2cccc(C(F)(F)F)c2)c1. The van der Waals surface area contributed by atoms with E-state index >= 15 is 0 Å². The van der Waals surface area contributed by atoms with Gasteiger partial charge in [-0.25, -0.2) is 9.98 Å². The topological polar surface area (TPSA) is 50.4 Å². The number of anilines is 2. The van der Waals surface area contributed by atoms with Gasteiger partial charge in [-0.15, -0.1) is 0 Å². The molecule has 4 nitrogen and oxygen atoms in total. The number of nitrogens with one attached hydrogen (secondary N) is 1. The number of benzene rings is 3. The van der Waals surface area contributed by atoms with Crippen LogP contribution in [0.3, 0.4) is 0 Å². The van der Waals surface area contributed by atoms with Crippen molar-refractivity contribution in [2.75, 3.05) is 5.32 Å². The fourth-order valence-electron chi connectivity index (χ4n) is 2.89. The predicted octanol–water partition coefficient (Wildman–Crippen LogP) is 6.84. The summed E-state index contributed by atoms with van der Waals surface area (Å²) in [5, 5.41) is 2.72. The molecule has 0 amide bonds. The first kappa shape index (κ1) is 21.4. The lowest BCUT2D eigenvalue weighted by Crippen LogP contribution is -2.12. The number of alkyl halides is 6. The minimum Gasteiger partial charge on any atom is -0.434 e. The maximum Gasteiger partial charge on any atom is 0.416 e. The summed E-state index contributed by atoms with van der Waals surface area (Å²) in [6.07, 6.45) is -9.12. The van der Waals surface area contributed by atoms with E-state index in [0.717, 1.165) is 24.3 Å². The third kappa shape index (κ3) is 4.74. The van der Waals surface area contributed by atoms with E-state index in [1.807, 2.05) is 0 Å². The molecule has 0 spiro atoms. The fourth-order valence-corrected chi connectivity index (χ4v) is 2.89. The van der Waals surface area contributed by atoms with Gasteiger partial charge < -0.3 is 9.73 Å². The molecule has 0 aliphatic rings. The molecule has 1 N–H and O–H groups in total. The lowest BCUT2D eigenvalue weighted by Gasteiger charge is -2.11. The Labute approximate surface area is 176 Å². The Bertz CT molecular complexity index is 1340. The number of nitrogens with zero attached hydrogens (tertiary/aromatic N) is 2. The Kier molecular flexibility index (Phi) is 5.37. The summed E-state index contributed by atoms with van der Waals surface area (Å²) in [6.45, 7) is 0. The molecule has 10 heteroatoms. The molecule has 4 aromatic rings. The number of hydrogen-bond donors (Lipinski definition) is 1. The molecule has 0 aliphatic heterocycles. The highest BCUT2D eigenvalue weighted by Crippen LogP contribution is 2.32. The van der Waals surface area contributed by atoms with Crippen molar-refractivity contribution in [2.24, 2.45) is 4.99 Å². The summed E-state index contributed by atoms with van der Waals surface area (Å²) in [5.74, 6) is -0.0552. The summed E-state index contributed by atoms with van der Waals surface area (Å²) in [5.41, 5.74) is -1.30. The minimum absolute atomic E-state index is 0.0540. The lowest BCUT2D eigenvalue weighted by atomic mass is 10.2. The summed E-state index contributed by atoms with van der Waals surface area (Å²) < 4.78 is 83.9. The second-order valence-corrected chi connectivity index (χ2v) is 6.70. The third-order valence-electron chi connectivity index (χ3n) is 4.36. The molecule has 3 aromatic carbocycles. The molecule has 0 unspecified atom stereocenters. The summed E-state index contributed by atoms with van der Waals surface area (Å²) in [6, 6.07) is 15.2. The second-order valence-electron chi connectivity index (χ2n) is 6.70. The van der Waals surface area contributed by atoms with Crippen LogP contribution in [0.4, 0.5) is 43.5 Å². The van der Waals surface area contributed by atoms with Crippen LogP contribution in [0.5, 0.6) is 0 Å². The van der Waals surface area contributed by atoms with Gasteiger partial charge in [-0.05, 0) is 48.5 Å². The number of hydrogen-bond acceptors (Lipinski definition) is 4. The highest BCUT2D eigenvalue weighted by molar-refractivity contribution is 5.73. The predicted molar refractivity (Wildman–Crippen MR) is 105 cm³/mol. The van der Waals surface area contributed by atoms with Crippen LogP contribution < -0.4 is 10.9 Å². The van der Waals surface area contributed by atoms with Crippen molar-refractivity contribution in [3.8, 4) is 0 Å². The van der Waals surface area contributed by atoms with Gasteiger partial charge in [0.25, 0.3) is 5.55 Å². The van der Waals surface area contributed by atoms with Gasteiger partial charge in [-0.1, -0.05) is 24.3 Å². The van der Waals surface area contributed by atoms with Crippen LogP contribution in [0.15, 0.2) is 82.2 Å². The average Bonchev–Trinajstić information content (AvgIpc) is 2.73. The van der Waals surface area contributed by atoms with E-state index in [1.54, 1.807) is 24.3 Å². The zero-order valence-electron chi connectivity index (χ0n) is 16.0. The van der Waals surface area contributed by atoms with Crippen molar-refractivity contribution < 1.29 is 30.8 Å². The van der Waals surface area contributed by atoms with Gasteiger partial charge in [0.05, 0.1) is 16.8 Å². The van der Waals surface area contributed by atoms with Crippen molar-refractivity contribution in [2.45, 2.75) is 12.4 Å². The van der Waals surface area contributed by atoms with Gasteiger partial charge in [0.2, 0.25) is 0 Å². The lowest BCUT2D eigenvalue weighted by molar-refractivity contribution is -0.138. The first-order chi connectivity index (χ1) is 15.1. The Morgan fingerprint density at radius 3 is 2.12 bits per heavy atom. The van der Waals surface area contributed by atoms with Crippen molar-refractivity contribution >= 4 is 28.3 Å². The van der Waals surface area contributed by atoms with E-state index in [1.165, 1.54) is 24.3 Å². The maximum atomic E-state index is 13.0. The van der Waals surface area contributed by atoms with E-state index in [2.05, 4.69) is 15.3 Å². The zero-order valence-corrected chi connectivity index (χ0v) is 16.0. The highest BCUT2D eigenvalue weighted by atomic mass is 19.4. The Balaban J connectivity index is 1.84. The van der Waals surface area contributed by atoms with Gasteiger partial charge in [-0.3, -0.25) is 0 Å². The van der Waals surface area contributed by atoms with E-state index in [9.17, 15) is 26.3 Å². The van der Waals surface area contributed by atoms with E-state index < -0.39 is 23.5 Å². The smallest absolute Gasteiger partial charge is 0.416 e. The van der Waals surface area contributed by atoms with Crippen molar-refractivity contribution in [3.63, 3.8) is 0 Å². The van der Waals surface area contributed by atoms with Gasteiger partial charge >= 0.3 is 12.4 Å². The fraction of sp³-hybridized carbons (Fsp3) is 0.0909.